The van der Waals surface area contributed by atoms with Crippen LogP contribution in [0.25, 0.3) is 11.0 Å². The molecule has 0 spiro atoms. The first-order valence-electron chi connectivity index (χ1n) is 10.4. The number of carbonyl (C=O) groups is 1. The van der Waals surface area contributed by atoms with E-state index >= 15 is 0 Å². The van der Waals surface area contributed by atoms with Gasteiger partial charge in [0.2, 0.25) is 0 Å². The fourth-order valence-electron chi connectivity index (χ4n) is 3.66. The SMILES string of the molecule is Cc1cc(=O)oc2cc(OCC(=O)N3CCN(CCOc4ccccc4)CC3)ccc12. The van der Waals surface area contributed by atoms with Gasteiger partial charge in [0.1, 0.15) is 23.7 Å². The molecule has 0 saturated carbocycles. The van der Waals surface area contributed by atoms with Gasteiger partial charge in [0.15, 0.2) is 6.61 Å². The monoisotopic (exact) mass is 422 g/mol. The van der Waals surface area contributed by atoms with Crippen molar-refractivity contribution in [3.63, 3.8) is 0 Å². The molecule has 0 aliphatic carbocycles. The summed E-state index contributed by atoms with van der Waals surface area (Å²) >= 11 is 0. The Morgan fingerprint density at radius 3 is 2.52 bits per heavy atom. The van der Waals surface area contributed by atoms with E-state index in [1.165, 1.54) is 6.07 Å². The standard InChI is InChI=1S/C24H26N2O5/c1-18-15-24(28)31-22-16-20(7-8-21(18)22)30-17-23(27)26-11-9-25(10-12-26)13-14-29-19-5-3-2-4-6-19/h2-8,15-16H,9-14,17H2,1H3. The summed E-state index contributed by atoms with van der Waals surface area (Å²) < 4.78 is 16.6. The molecule has 0 unspecified atom stereocenters. The van der Waals surface area contributed by atoms with Crippen molar-refractivity contribution >= 4 is 16.9 Å². The molecule has 4 rings (SSSR count). The maximum atomic E-state index is 12.5. The third-order valence-electron chi connectivity index (χ3n) is 5.43. The van der Waals surface area contributed by atoms with Crippen LogP contribution in [0.4, 0.5) is 0 Å². The van der Waals surface area contributed by atoms with Crippen molar-refractivity contribution in [3.8, 4) is 11.5 Å². The molecular formula is C24H26N2O5. The van der Waals surface area contributed by atoms with E-state index in [1.54, 1.807) is 12.1 Å². The van der Waals surface area contributed by atoms with Crippen molar-refractivity contribution < 1.29 is 18.7 Å². The molecule has 1 saturated heterocycles. The minimum atomic E-state index is -0.398. The minimum Gasteiger partial charge on any atom is -0.492 e. The molecule has 0 bridgehead atoms. The molecule has 1 aliphatic rings. The quantitative estimate of drug-likeness (QED) is 0.545. The predicted octanol–water partition coefficient (Wildman–Crippen LogP) is 2.70. The fourth-order valence-corrected chi connectivity index (χ4v) is 3.66. The summed E-state index contributed by atoms with van der Waals surface area (Å²) in [4.78, 5) is 28.2. The van der Waals surface area contributed by atoms with E-state index in [0.29, 0.717) is 31.0 Å². The van der Waals surface area contributed by atoms with Gasteiger partial charge in [-0.05, 0) is 36.8 Å². The van der Waals surface area contributed by atoms with Gasteiger partial charge in [-0.2, -0.15) is 0 Å². The summed E-state index contributed by atoms with van der Waals surface area (Å²) in [6, 6.07) is 16.5. The lowest BCUT2D eigenvalue weighted by atomic mass is 10.1. The van der Waals surface area contributed by atoms with Crippen LogP contribution in [0.3, 0.4) is 0 Å². The average Bonchev–Trinajstić information content (AvgIpc) is 2.78. The minimum absolute atomic E-state index is 0.0430. The summed E-state index contributed by atoms with van der Waals surface area (Å²) in [5.41, 5.74) is 0.910. The van der Waals surface area contributed by atoms with Gasteiger partial charge >= 0.3 is 5.63 Å². The zero-order valence-corrected chi connectivity index (χ0v) is 17.6. The Morgan fingerprint density at radius 1 is 0.968 bits per heavy atom. The van der Waals surface area contributed by atoms with Crippen molar-refractivity contribution in [1.82, 2.24) is 9.80 Å². The van der Waals surface area contributed by atoms with Crippen LogP contribution in [-0.2, 0) is 4.79 Å². The Hall–Kier alpha value is -3.32. The summed E-state index contributed by atoms with van der Waals surface area (Å²) in [6.45, 7) is 6.22. The summed E-state index contributed by atoms with van der Waals surface area (Å²) in [6.07, 6.45) is 0. The second-order valence-corrected chi connectivity index (χ2v) is 7.58. The summed E-state index contributed by atoms with van der Waals surface area (Å²) in [5, 5.41) is 0.852. The topological polar surface area (TPSA) is 72.2 Å². The molecular weight excluding hydrogens is 396 g/mol. The van der Waals surface area contributed by atoms with Crippen LogP contribution < -0.4 is 15.1 Å². The van der Waals surface area contributed by atoms with E-state index < -0.39 is 5.63 Å². The first kappa shape index (κ1) is 20.9. The van der Waals surface area contributed by atoms with E-state index in [-0.39, 0.29) is 12.5 Å². The maximum absolute atomic E-state index is 12.5. The van der Waals surface area contributed by atoms with Crippen LogP contribution in [0.2, 0.25) is 0 Å². The van der Waals surface area contributed by atoms with Crippen molar-refractivity contribution in [3.05, 3.63) is 70.6 Å². The van der Waals surface area contributed by atoms with Crippen LogP contribution in [-0.4, -0.2) is 61.6 Å². The molecule has 2 aromatic carbocycles. The molecule has 3 aromatic rings. The van der Waals surface area contributed by atoms with Crippen molar-refractivity contribution in [2.24, 2.45) is 0 Å². The third kappa shape index (κ3) is 5.44. The Balaban J connectivity index is 1.22. The van der Waals surface area contributed by atoms with Gasteiger partial charge in [-0.25, -0.2) is 4.79 Å². The zero-order valence-electron chi connectivity index (χ0n) is 17.6. The van der Waals surface area contributed by atoms with Crippen molar-refractivity contribution in [1.29, 1.82) is 0 Å². The predicted molar refractivity (Wildman–Crippen MR) is 118 cm³/mol. The highest BCUT2D eigenvalue weighted by molar-refractivity contribution is 5.81. The summed E-state index contributed by atoms with van der Waals surface area (Å²) in [5.74, 6) is 1.33. The number of piperazine rings is 1. The molecule has 31 heavy (non-hydrogen) atoms. The van der Waals surface area contributed by atoms with Gasteiger partial charge in [0.05, 0.1) is 0 Å². The van der Waals surface area contributed by atoms with E-state index in [4.69, 9.17) is 13.9 Å². The lowest BCUT2D eigenvalue weighted by Gasteiger charge is -2.34. The van der Waals surface area contributed by atoms with Crippen LogP contribution in [0.15, 0.2) is 63.8 Å². The second kappa shape index (κ2) is 9.66. The smallest absolute Gasteiger partial charge is 0.336 e. The number of nitrogens with zero attached hydrogens (tertiary/aromatic N) is 2. The lowest BCUT2D eigenvalue weighted by Crippen LogP contribution is -2.50. The van der Waals surface area contributed by atoms with Gasteiger partial charge in [-0.3, -0.25) is 9.69 Å². The van der Waals surface area contributed by atoms with Gasteiger partial charge in [-0.1, -0.05) is 18.2 Å². The number of ether oxygens (including phenoxy) is 2. The number of benzene rings is 2. The molecule has 1 aliphatic heterocycles. The second-order valence-electron chi connectivity index (χ2n) is 7.58. The summed E-state index contributed by atoms with van der Waals surface area (Å²) in [7, 11) is 0. The normalized spacial score (nSPS) is 14.5. The Bertz CT molecular complexity index is 1090. The Kier molecular flexibility index (Phi) is 6.52. The molecule has 0 N–H and O–H groups in total. The molecule has 1 amide bonds. The van der Waals surface area contributed by atoms with E-state index in [2.05, 4.69) is 4.90 Å². The molecule has 7 nitrogen and oxygen atoms in total. The molecule has 0 radical (unpaired) electrons. The molecule has 0 atom stereocenters. The Labute approximate surface area is 180 Å². The van der Waals surface area contributed by atoms with E-state index in [9.17, 15) is 9.59 Å². The fraction of sp³-hybridized carbons (Fsp3) is 0.333. The number of hydrogen-bond acceptors (Lipinski definition) is 6. The number of amides is 1. The van der Waals surface area contributed by atoms with Gasteiger partial charge in [0.25, 0.3) is 5.91 Å². The molecule has 7 heteroatoms. The highest BCUT2D eigenvalue weighted by Crippen LogP contribution is 2.22. The van der Waals surface area contributed by atoms with Gasteiger partial charge in [-0.15, -0.1) is 0 Å². The molecule has 162 valence electrons. The molecule has 1 fully saturated rings. The molecule has 2 heterocycles. The van der Waals surface area contributed by atoms with Crippen molar-refractivity contribution in [2.45, 2.75) is 6.92 Å². The third-order valence-corrected chi connectivity index (χ3v) is 5.43. The van der Waals surface area contributed by atoms with Crippen molar-refractivity contribution in [2.75, 3.05) is 45.9 Å². The highest BCUT2D eigenvalue weighted by atomic mass is 16.5. The average molecular weight is 422 g/mol. The maximum Gasteiger partial charge on any atom is 0.336 e. The lowest BCUT2D eigenvalue weighted by molar-refractivity contribution is -0.135. The molecule has 1 aromatic heterocycles. The first-order valence-corrected chi connectivity index (χ1v) is 10.4. The van der Waals surface area contributed by atoms with Crippen LogP contribution >= 0.6 is 0 Å². The number of aryl methyl sites for hydroxylation is 1. The van der Waals surface area contributed by atoms with Crippen LogP contribution in [0.5, 0.6) is 11.5 Å². The van der Waals surface area contributed by atoms with Crippen LogP contribution in [0.1, 0.15) is 5.56 Å². The van der Waals surface area contributed by atoms with Gasteiger partial charge < -0.3 is 18.8 Å². The highest BCUT2D eigenvalue weighted by Gasteiger charge is 2.21. The number of hydrogen-bond donors (Lipinski definition) is 0. The van der Waals surface area contributed by atoms with E-state index in [1.807, 2.05) is 48.2 Å². The first-order chi connectivity index (χ1) is 15.1. The van der Waals surface area contributed by atoms with Crippen LogP contribution in [0, 0.1) is 6.92 Å². The number of fused-ring (bicyclic) bond motifs is 1. The number of rotatable bonds is 7. The Morgan fingerprint density at radius 2 is 1.74 bits per heavy atom. The van der Waals surface area contributed by atoms with Gasteiger partial charge in [0, 0.05) is 50.2 Å². The van der Waals surface area contributed by atoms with E-state index in [0.717, 1.165) is 36.3 Å². The largest absolute Gasteiger partial charge is 0.492 e. The number of carbonyl (C=O) groups excluding carboxylic acids is 1. The number of para-hydroxylation sites is 1. The zero-order chi connectivity index (χ0) is 21.6.